The Kier molecular flexibility index (Phi) is 4.45. The van der Waals surface area contributed by atoms with Gasteiger partial charge in [-0.3, -0.25) is 0 Å². The fourth-order valence-corrected chi connectivity index (χ4v) is 3.21. The minimum absolute atomic E-state index is 0.916. The summed E-state index contributed by atoms with van der Waals surface area (Å²) in [5.41, 5.74) is 0. The van der Waals surface area contributed by atoms with Crippen LogP contribution in [0.1, 0.15) is 45.4 Å². The summed E-state index contributed by atoms with van der Waals surface area (Å²) in [5, 5.41) is 3.50. The zero-order valence-corrected chi connectivity index (χ0v) is 10.2. The lowest BCUT2D eigenvalue weighted by atomic mass is 9.96. The number of likely N-dealkylation sites (tertiary alicyclic amines) is 1. The molecule has 0 aromatic heterocycles. The standard InChI is InChI=1S/C13H26N2/c1-2-14-10-12-6-5-9-15(11-12)13-7-3-4-8-13/h12-14H,2-11H2,1H3. The van der Waals surface area contributed by atoms with Gasteiger partial charge in [0.1, 0.15) is 0 Å². The van der Waals surface area contributed by atoms with Crippen LogP contribution in [0, 0.1) is 5.92 Å². The molecule has 1 aliphatic carbocycles. The van der Waals surface area contributed by atoms with Crippen LogP contribution < -0.4 is 5.32 Å². The molecule has 1 unspecified atom stereocenters. The van der Waals surface area contributed by atoms with Gasteiger partial charge in [0.25, 0.3) is 0 Å². The number of piperidine rings is 1. The lowest BCUT2D eigenvalue weighted by Gasteiger charge is -2.36. The molecule has 0 aromatic carbocycles. The van der Waals surface area contributed by atoms with Crippen LogP contribution in [0.25, 0.3) is 0 Å². The molecule has 1 saturated carbocycles. The van der Waals surface area contributed by atoms with Crippen LogP contribution in [0.2, 0.25) is 0 Å². The summed E-state index contributed by atoms with van der Waals surface area (Å²) in [4.78, 5) is 2.78. The number of rotatable bonds is 4. The van der Waals surface area contributed by atoms with Gasteiger partial charge < -0.3 is 10.2 Å². The van der Waals surface area contributed by atoms with Crippen molar-refractivity contribution in [1.29, 1.82) is 0 Å². The van der Waals surface area contributed by atoms with Crippen LogP contribution in [0.5, 0.6) is 0 Å². The molecule has 0 spiro atoms. The van der Waals surface area contributed by atoms with E-state index in [9.17, 15) is 0 Å². The Hall–Kier alpha value is -0.0800. The van der Waals surface area contributed by atoms with E-state index in [0.717, 1.165) is 18.5 Å². The maximum Gasteiger partial charge on any atom is 0.00953 e. The van der Waals surface area contributed by atoms with E-state index in [0.29, 0.717) is 0 Å². The third-order valence-electron chi connectivity index (χ3n) is 4.07. The number of hydrogen-bond donors (Lipinski definition) is 1. The van der Waals surface area contributed by atoms with Gasteiger partial charge in [-0.25, -0.2) is 0 Å². The van der Waals surface area contributed by atoms with Gasteiger partial charge in [-0.2, -0.15) is 0 Å². The van der Waals surface area contributed by atoms with Crippen molar-refractivity contribution in [2.24, 2.45) is 5.92 Å². The van der Waals surface area contributed by atoms with Crippen LogP contribution in [0.4, 0.5) is 0 Å². The van der Waals surface area contributed by atoms with Crippen LogP contribution >= 0.6 is 0 Å². The summed E-state index contributed by atoms with van der Waals surface area (Å²) >= 11 is 0. The van der Waals surface area contributed by atoms with E-state index in [1.165, 1.54) is 58.2 Å². The first-order chi connectivity index (χ1) is 7.40. The van der Waals surface area contributed by atoms with Gasteiger partial charge in [0.15, 0.2) is 0 Å². The lowest BCUT2D eigenvalue weighted by molar-refractivity contribution is 0.124. The van der Waals surface area contributed by atoms with Crippen molar-refractivity contribution in [2.75, 3.05) is 26.2 Å². The van der Waals surface area contributed by atoms with Gasteiger partial charge in [0, 0.05) is 12.6 Å². The quantitative estimate of drug-likeness (QED) is 0.765. The Morgan fingerprint density at radius 2 is 1.93 bits per heavy atom. The molecule has 15 heavy (non-hydrogen) atoms. The topological polar surface area (TPSA) is 15.3 Å². The van der Waals surface area contributed by atoms with E-state index in [1.54, 1.807) is 0 Å². The van der Waals surface area contributed by atoms with E-state index >= 15 is 0 Å². The van der Waals surface area contributed by atoms with Crippen molar-refractivity contribution in [3.63, 3.8) is 0 Å². The highest BCUT2D eigenvalue weighted by molar-refractivity contribution is 4.82. The first kappa shape index (κ1) is 11.4. The van der Waals surface area contributed by atoms with Crippen LogP contribution in [-0.2, 0) is 0 Å². The number of hydrogen-bond acceptors (Lipinski definition) is 2. The smallest absolute Gasteiger partial charge is 0.00953 e. The molecule has 2 fully saturated rings. The van der Waals surface area contributed by atoms with E-state index in [4.69, 9.17) is 0 Å². The molecule has 1 N–H and O–H groups in total. The van der Waals surface area contributed by atoms with Crippen LogP contribution in [-0.4, -0.2) is 37.1 Å². The summed E-state index contributed by atoms with van der Waals surface area (Å²) in [6.07, 6.45) is 8.74. The molecular formula is C13H26N2. The minimum Gasteiger partial charge on any atom is -0.317 e. The van der Waals surface area contributed by atoms with E-state index in [2.05, 4.69) is 17.1 Å². The Morgan fingerprint density at radius 3 is 2.67 bits per heavy atom. The summed E-state index contributed by atoms with van der Waals surface area (Å²) in [6, 6.07) is 0.939. The summed E-state index contributed by atoms with van der Waals surface area (Å²) in [7, 11) is 0. The minimum atomic E-state index is 0.916. The third kappa shape index (κ3) is 3.18. The van der Waals surface area contributed by atoms with Gasteiger partial charge in [-0.05, 0) is 51.2 Å². The molecule has 2 rings (SSSR count). The van der Waals surface area contributed by atoms with Crippen molar-refractivity contribution >= 4 is 0 Å². The Labute approximate surface area is 94.4 Å². The molecule has 2 heteroatoms. The van der Waals surface area contributed by atoms with Crippen LogP contribution in [0.3, 0.4) is 0 Å². The van der Waals surface area contributed by atoms with Gasteiger partial charge in [0.2, 0.25) is 0 Å². The molecule has 1 atom stereocenters. The SMILES string of the molecule is CCNCC1CCCN(C2CCCC2)C1. The summed E-state index contributed by atoms with van der Waals surface area (Å²) < 4.78 is 0. The highest BCUT2D eigenvalue weighted by Crippen LogP contribution is 2.27. The highest BCUT2D eigenvalue weighted by Gasteiger charge is 2.27. The van der Waals surface area contributed by atoms with E-state index < -0.39 is 0 Å². The summed E-state index contributed by atoms with van der Waals surface area (Å²) in [6.45, 7) is 7.29. The molecular weight excluding hydrogens is 184 g/mol. The van der Waals surface area contributed by atoms with Gasteiger partial charge in [-0.15, -0.1) is 0 Å². The first-order valence-corrected chi connectivity index (χ1v) is 6.85. The maximum absolute atomic E-state index is 3.50. The average Bonchev–Trinajstić information content (AvgIpc) is 2.80. The zero-order chi connectivity index (χ0) is 10.5. The molecule has 1 heterocycles. The van der Waals surface area contributed by atoms with Crippen molar-refractivity contribution in [3.05, 3.63) is 0 Å². The molecule has 0 aromatic rings. The summed E-state index contributed by atoms with van der Waals surface area (Å²) in [5.74, 6) is 0.916. The van der Waals surface area contributed by atoms with E-state index in [1.807, 2.05) is 0 Å². The Balaban J connectivity index is 1.75. The molecule has 2 nitrogen and oxygen atoms in total. The number of nitrogens with zero attached hydrogens (tertiary/aromatic N) is 1. The fourth-order valence-electron chi connectivity index (χ4n) is 3.21. The largest absolute Gasteiger partial charge is 0.317 e. The predicted molar refractivity (Wildman–Crippen MR) is 65.1 cm³/mol. The monoisotopic (exact) mass is 210 g/mol. The molecule has 88 valence electrons. The van der Waals surface area contributed by atoms with Gasteiger partial charge >= 0.3 is 0 Å². The molecule has 0 radical (unpaired) electrons. The zero-order valence-electron chi connectivity index (χ0n) is 10.2. The normalized spacial score (nSPS) is 29.8. The van der Waals surface area contributed by atoms with Crippen LogP contribution in [0.15, 0.2) is 0 Å². The number of nitrogens with one attached hydrogen (secondary N) is 1. The third-order valence-corrected chi connectivity index (χ3v) is 4.07. The average molecular weight is 210 g/mol. The second kappa shape index (κ2) is 5.86. The second-order valence-electron chi connectivity index (χ2n) is 5.25. The molecule has 1 saturated heterocycles. The Morgan fingerprint density at radius 1 is 1.13 bits per heavy atom. The second-order valence-corrected chi connectivity index (χ2v) is 5.25. The van der Waals surface area contributed by atoms with Gasteiger partial charge in [0.05, 0.1) is 0 Å². The van der Waals surface area contributed by atoms with Crippen molar-refractivity contribution < 1.29 is 0 Å². The predicted octanol–water partition coefficient (Wildman–Crippen LogP) is 2.25. The van der Waals surface area contributed by atoms with Crippen molar-refractivity contribution in [1.82, 2.24) is 10.2 Å². The fraction of sp³-hybridized carbons (Fsp3) is 1.00. The highest BCUT2D eigenvalue weighted by atomic mass is 15.2. The Bertz CT molecular complexity index is 175. The molecule has 0 amide bonds. The van der Waals surface area contributed by atoms with Gasteiger partial charge in [-0.1, -0.05) is 19.8 Å². The first-order valence-electron chi connectivity index (χ1n) is 6.85. The molecule has 1 aliphatic heterocycles. The van der Waals surface area contributed by atoms with Crippen molar-refractivity contribution in [3.8, 4) is 0 Å². The maximum atomic E-state index is 3.50. The molecule has 2 aliphatic rings. The van der Waals surface area contributed by atoms with Crippen molar-refractivity contribution in [2.45, 2.75) is 51.5 Å². The lowest BCUT2D eigenvalue weighted by Crippen LogP contribution is -2.44. The van der Waals surface area contributed by atoms with E-state index in [-0.39, 0.29) is 0 Å². The molecule has 0 bridgehead atoms.